The summed E-state index contributed by atoms with van der Waals surface area (Å²) >= 11 is 0. The lowest BCUT2D eigenvalue weighted by molar-refractivity contribution is 0.588. The highest BCUT2D eigenvalue weighted by molar-refractivity contribution is 7.82. The Morgan fingerprint density at radius 3 is 1.98 bits per heavy atom. The average Bonchev–Trinajstić information content (AvgIpc) is 3.60. The van der Waals surface area contributed by atoms with Crippen molar-refractivity contribution in [3.05, 3.63) is 187 Å². The maximum Gasteiger partial charge on any atom is 0.170 e. The second kappa shape index (κ2) is 12.0. The summed E-state index contributed by atoms with van der Waals surface area (Å²) in [5.41, 5.74) is 5.66. The Bertz CT molecular complexity index is 2910. The summed E-state index contributed by atoms with van der Waals surface area (Å²) in [6.07, 6.45) is 6.56. The van der Waals surface area contributed by atoms with Gasteiger partial charge in [0.2, 0.25) is 0 Å². The molecule has 0 N–H and O–H groups in total. The average molecular weight is 688 g/mol. The van der Waals surface area contributed by atoms with Gasteiger partial charge in [0.05, 0.1) is 5.52 Å². The first-order valence-corrected chi connectivity index (χ1v) is 19.6. The minimum absolute atomic E-state index is 0.0942. The van der Waals surface area contributed by atoms with Gasteiger partial charge >= 0.3 is 0 Å². The number of hydrogen-bond donors (Lipinski definition) is 0. The van der Waals surface area contributed by atoms with Gasteiger partial charge < -0.3 is 8.98 Å². The molecule has 0 aliphatic heterocycles. The van der Waals surface area contributed by atoms with E-state index in [1.165, 1.54) is 21.7 Å². The summed E-state index contributed by atoms with van der Waals surface area (Å²) in [6, 6.07) is 54.2. The molecular formula is C48H34NO2P. The summed E-state index contributed by atoms with van der Waals surface area (Å²) in [5, 5.41) is 10.6. The Morgan fingerprint density at radius 2 is 1.25 bits per heavy atom. The molecule has 7 aromatic carbocycles. The number of rotatable bonds is 5. The molecule has 0 fully saturated rings. The molecule has 2 aromatic heterocycles. The van der Waals surface area contributed by atoms with Gasteiger partial charge in [-0.25, -0.2) is 4.98 Å². The Labute approximate surface area is 301 Å². The summed E-state index contributed by atoms with van der Waals surface area (Å²) < 4.78 is 21.8. The lowest BCUT2D eigenvalue weighted by Gasteiger charge is -2.28. The van der Waals surface area contributed by atoms with E-state index in [4.69, 9.17) is 9.40 Å². The van der Waals surface area contributed by atoms with Crippen LogP contribution in [-0.4, -0.2) is 4.98 Å². The quantitative estimate of drug-likeness (QED) is 0.134. The van der Waals surface area contributed by atoms with Crippen LogP contribution in [0.1, 0.15) is 18.4 Å². The van der Waals surface area contributed by atoms with Gasteiger partial charge in [0.25, 0.3) is 0 Å². The number of allylic oxidation sites excluding steroid dienone is 4. The number of furan rings is 1. The van der Waals surface area contributed by atoms with Crippen molar-refractivity contribution in [2.45, 2.75) is 12.8 Å². The predicted octanol–water partition coefficient (Wildman–Crippen LogP) is 12.3. The van der Waals surface area contributed by atoms with Gasteiger partial charge in [-0.1, -0.05) is 165 Å². The smallest absolute Gasteiger partial charge is 0.170 e. The zero-order valence-corrected chi connectivity index (χ0v) is 29.5. The number of hydrogen-bond acceptors (Lipinski definition) is 3. The van der Waals surface area contributed by atoms with Gasteiger partial charge in [-0.2, -0.15) is 0 Å². The van der Waals surface area contributed by atoms with E-state index in [-0.39, 0.29) is 11.8 Å². The van der Waals surface area contributed by atoms with Crippen molar-refractivity contribution in [2.24, 2.45) is 5.92 Å². The number of para-hydroxylation sites is 1. The molecule has 1 aliphatic rings. The first kappa shape index (κ1) is 30.8. The standard InChI is InChI=1S/C48H34NO2P/c1-31-28-36(52(50,34-15-4-2-5-16-34)35-17-6-3-7-18-35)25-27-37(31)33-24-26-41-44(30-33)49-47(48-46(41)42-22-12-13-23-45(42)51-48)43-29-32-14-8-9-19-38(32)39-20-10-11-21-40(39)43/h2-31,37H,1H3. The lowest BCUT2D eigenvalue weighted by atomic mass is 9.83. The molecule has 10 rings (SSSR count). The normalized spacial score (nSPS) is 16.3. The third-order valence-corrected chi connectivity index (χ3v) is 13.9. The number of benzene rings is 7. The molecule has 3 nitrogen and oxygen atoms in total. The molecule has 9 aromatic rings. The van der Waals surface area contributed by atoms with Crippen LogP contribution in [0.15, 0.2) is 186 Å². The fraction of sp³-hybridized carbons (Fsp3) is 0.0625. The first-order chi connectivity index (χ1) is 25.6. The molecule has 0 amide bonds. The van der Waals surface area contributed by atoms with Crippen molar-refractivity contribution in [3.63, 3.8) is 0 Å². The number of fused-ring (bicyclic) bond motifs is 8. The zero-order valence-electron chi connectivity index (χ0n) is 28.6. The fourth-order valence-corrected chi connectivity index (χ4v) is 11.1. The molecule has 0 bridgehead atoms. The van der Waals surface area contributed by atoms with Gasteiger partial charge in [0.15, 0.2) is 12.7 Å². The van der Waals surface area contributed by atoms with E-state index in [0.717, 1.165) is 65.4 Å². The van der Waals surface area contributed by atoms with Crippen molar-refractivity contribution in [1.82, 2.24) is 4.98 Å². The van der Waals surface area contributed by atoms with E-state index in [9.17, 15) is 0 Å². The Morgan fingerprint density at radius 1 is 0.615 bits per heavy atom. The van der Waals surface area contributed by atoms with Gasteiger partial charge in [0.1, 0.15) is 11.3 Å². The van der Waals surface area contributed by atoms with Crippen molar-refractivity contribution in [1.29, 1.82) is 0 Å². The Hall–Kier alpha value is -6.02. The minimum Gasteiger partial charge on any atom is -0.454 e. The van der Waals surface area contributed by atoms with Crippen molar-refractivity contribution < 1.29 is 8.98 Å². The molecule has 0 spiro atoms. The molecule has 2 atom stereocenters. The van der Waals surface area contributed by atoms with E-state index in [2.05, 4.69) is 110 Å². The highest BCUT2D eigenvalue weighted by atomic mass is 31.2. The van der Waals surface area contributed by atoms with E-state index in [1.54, 1.807) is 0 Å². The number of nitrogens with zero attached hydrogens (tertiary/aromatic N) is 1. The van der Waals surface area contributed by atoms with Crippen LogP contribution in [0, 0.1) is 5.92 Å². The molecule has 0 radical (unpaired) electrons. The molecular weight excluding hydrogens is 654 g/mol. The Balaban J connectivity index is 1.15. The highest BCUT2D eigenvalue weighted by Gasteiger charge is 2.33. The highest BCUT2D eigenvalue weighted by Crippen LogP contribution is 2.55. The summed E-state index contributed by atoms with van der Waals surface area (Å²) in [5.74, 6) is 0.206. The van der Waals surface area contributed by atoms with E-state index < -0.39 is 7.14 Å². The second-order valence-electron chi connectivity index (χ2n) is 13.8. The maximum atomic E-state index is 15.1. The van der Waals surface area contributed by atoms with Crippen molar-refractivity contribution in [3.8, 4) is 11.3 Å². The minimum atomic E-state index is -3.06. The van der Waals surface area contributed by atoms with Crippen molar-refractivity contribution >= 4 is 72.1 Å². The van der Waals surface area contributed by atoms with Crippen molar-refractivity contribution in [2.75, 3.05) is 0 Å². The lowest BCUT2D eigenvalue weighted by Crippen LogP contribution is -2.19. The van der Waals surface area contributed by atoms with Gasteiger partial charge in [-0.05, 0) is 51.2 Å². The van der Waals surface area contributed by atoms with Crippen LogP contribution in [0.4, 0.5) is 0 Å². The number of pyridine rings is 1. The zero-order chi connectivity index (χ0) is 34.8. The van der Waals surface area contributed by atoms with Gasteiger partial charge in [-0.15, -0.1) is 0 Å². The SMILES string of the molecule is CC1C=C(P(=O)(c2ccccc2)c2ccccc2)C=CC1c1ccc2c(c1)nc(-c1cc3ccccc3c3ccccc13)c1oc3ccccc3c12. The topological polar surface area (TPSA) is 43.1 Å². The Kier molecular flexibility index (Phi) is 7.13. The molecule has 2 heterocycles. The molecule has 1 aliphatic carbocycles. The van der Waals surface area contributed by atoms with Crippen LogP contribution < -0.4 is 10.6 Å². The van der Waals surface area contributed by atoms with E-state index in [1.807, 2.05) is 72.8 Å². The van der Waals surface area contributed by atoms with Crippen LogP contribution >= 0.6 is 7.14 Å². The first-order valence-electron chi connectivity index (χ1n) is 17.9. The summed E-state index contributed by atoms with van der Waals surface area (Å²) in [6.45, 7) is 2.23. The van der Waals surface area contributed by atoms with Crippen LogP contribution in [0.5, 0.6) is 0 Å². The second-order valence-corrected chi connectivity index (χ2v) is 16.6. The summed E-state index contributed by atoms with van der Waals surface area (Å²) in [7, 11) is -3.06. The largest absolute Gasteiger partial charge is 0.454 e. The maximum absolute atomic E-state index is 15.1. The summed E-state index contributed by atoms with van der Waals surface area (Å²) in [4.78, 5) is 5.46. The van der Waals surface area contributed by atoms with E-state index >= 15 is 4.57 Å². The third kappa shape index (κ3) is 4.74. The van der Waals surface area contributed by atoms with Crippen LogP contribution in [-0.2, 0) is 4.57 Å². The molecule has 248 valence electrons. The monoisotopic (exact) mass is 687 g/mol. The number of aromatic nitrogens is 1. The van der Waals surface area contributed by atoms with Gasteiger partial charge in [-0.3, -0.25) is 0 Å². The van der Waals surface area contributed by atoms with Crippen LogP contribution in [0.2, 0.25) is 0 Å². The molecule has 52 heavy (non-hydrogen) atoms. The third-order valence-electron chi connectivity index (χ3n) is 10.8. The van der Waals surface area contributed by atoms with Crippen LogP contribution in [0.25, 0.3) is 65.6 Å². The molecule has 2 unspecified atom stereocenters. The van der Waals surface area contributed by atoms with Gasteiger partial charge in [0, 0.05) is 43.6 Å². The fourth-order valence-electron chi connectivity index (χ4n) is 8.30. The van der Waals surface area contributed by atoms with Crippen LogP contribution in [0.3, 0.4) is 0 Å². The predicted molar refractivity (Wildman–Crippen MR) is 218 cm³/mol. The molecule has 4 heteroatoms. The van der Waals surface area contributed by atoms with E-state index in [0.29, 0.717) is 0 Å². The molecule has 0 saturated carbocycles. The molecule has 0 saturated heterocycles.